The van der Waals surface area contributed by atoms with Crippen LogP contribution >= 0.6 is 0 Å². The zero-order valence-electron chi connectivity index (χ0n) is 17.6. The second kappa shape index (κ2) is 8.81. The number of hydrogen-bond donors (Lipinski definition) is 4. The van der Waals surface area contributed by atoms with Crippen molar-refractivity contribution in [2.24, 2.45) is 0 Å². The van der Waals surface area contributed by atoms with Crippen molar-refractivity contribution in [3.8, 4) is 0 Å². The molecule has 164 valence electrons. The molecule has 4 rings (SSSR count). The third kappa shape index (κ3) is 4.65. The lowest BCUT2D eigenvalue weighted by molar-refractivity contribution is -0.136. The standard InChI is InChI=1S/C25H30N2O4/c28-20(26-22(24(30)13-7-14-24)18-9-3-1-4-10-18)17-21(29)27-23(25(31)15-8-16-25)19-11-5-2-6-12-19/h1-6,9-12,22-23,30-31H,7-8,13-17H2,(H,26,28)(H,27,29)/t22-,23-/m1/s1. The van der Waals surface area contributed by atoms with E-state index in [4.69, 9.17) is 0 Å². The summed E-state index contributed by atoms with van der Waals surface area (Å²) >= 11 is 0. The number of carbonyl (C=O) groups is 2. The van der Waals surface area contributed by atoms with Crippen molar-refractivity contribution >= 4 is 11.8 Å². The topological polar surface area (TPSA) is 98.7 Å². The normalized spacial score (nSPS) is 20.5. The Labute approximate surface area is 182 Å². The van der Waals surface area contributed by atoms with Gasteiger partial charge < -0.3 is 20.8 Å². The zero-order chi connectivity index (χ0) is 21.9. The van der Waals surface area contributed by atoms with Crippen LogP contribution in [-0.4, -0.2) is 33.2 Å². The van der Waals surface area contributed by atoms with Crippen molar-refractivity contribution < 1.29 is 19.8 Å². The van der Waals surface area contributed by atoms with E-state index < -0.39 is 35.1 Å². The summed E-state index contributed by atoms with van der Waals surface area (Å²) in [6.07, 6.45) is 3.91. The maximum Gasteiger partial charge on any atom is 0.230 e. The molecule has 0 aliphatic heterocycles. The largest absolute Gasteiger partial charge is 0.387 e. The van der Waals surface area contributed by atoms with Gasteiger partial charge in [-0.2, -0.15) is 0 Å². The highest BCUT2D eigenvalue weighted by atomic mass is 16.3. The smallest absolute Gasteiger partial charge is 0.230 e. The monoisotopic (exact) mass is 422 g/mol. The third-order valence-electron chi connectivity index (χ3n) is 6.71. The fourth-order valence-electron chi connectivity index (χ4n) is 4.57. The summed E-state index contributed by atoms with van der Waals surface area (Å²) in [6, 6.07) is 17.6. The molecule has 0 heterocycles. The Hall–Kier alpha value is -2.70. The first-order chi connectivity index (χ1) is 14.9. The van der Waals surface area contributed by atoms with Gasteiger partial charge in [-0.1, -0.05) is 60.7 Å². The number of carbonyl (C=O) groups excluding carboxylic acids is 2. The average Bonchev–Trinajstić information content (AvgIpc) is 2.74. The van der Waals surface area contributed by atoms with E-state index in [1.165, 1.54) is 0 Å². The quantitative estimate of drug-likeness (QED) is 0.492. The first-order valence-electron chi connectivity index (χ1n) is 11.0. The number of nitrogens with one attached hydrogen (secondary N) is 2. The maximum absolute atomic E-state index is 12.7. The summed E-state index contributed by atoms with van der Waals surface area (Å²) in [6.45, 7) is 0. The summed E-state index contributed by atoms with van der Waals surface area (Å²) in [4.78, 5) is 25.5. The van der Waals surface area contributed by atoms with Gasteiger partial charge in [-0.05, 0) is 49.7 Å². The molecule has 0 saturated heterocycles. The van der Waals surface area contributed by atoms with Gasteiger partial charge in [0.1, 0.15) is 6.42 Å². The van der Waals surface area contributed by atoms with Gasteiger partial charge in [0.15, 0.2) is 0 Å². The van der Waals surface area contributed by atoms with Crippen molar-refractivity contribution in [2.45, 2.75) is 68.2 Å². The SMILES string of the molecule is O=C(CC(=O)N[C@H](c1ccccc1)C1(O)CCC1)N[C@H](c1ccccc1)C1(O)CCC1. The molecule has 2 aliphatic rings. The van der Waals surface area contributed by atoms with E-state index in [0.29, 0.717) is 25.7 Å². The highest BCUT2D eigenvalue weighted by Crippen LogP contribution is 2.43. The van der Waals surface area contributed by atoms with Crippen LogP contribution < -0.4 is 10.6 Å². The van der Waals surface area contributed by atoms with Gasteiger partial charge >= 0.3 is 0 Å². The molecule has 0 unspecified atom stereocenters. The minimum atomic E-state index is -0.985. The van der Waals surface area contributed by atoms with Crippen LogP contribution in [0.1, 0.15) is 68.2 Å². The van der Waals surface area contributed by atoms with Gasteiger partial charge in [0.2, 0.25) is 11.8 Å². The molecule has 6 nitrogen and oxygen atoms in total. The van der Waals surface area contributed by atoms with Crippen LogP contribution in [0.3, 0.4) is 0 Å². The molecule has 4 N–H and O–H groups in total. The average molecular weight is 423 g/mol. The van der Waals surface area contributed by atoms with Gasteiger partial charge in [-0.15, -0.1) is 0 Å². The molecule has 0 radical (unpaired) electrons. The van der Waals surface area contributed by atoms with Crippen molar-refractivity contribution in [1.29, 1.82) is 0 Å². The van der Waals surface area contributed by atoms with Gasteiger partial charge in [0, 0.05) is 0 Å². The molecule has 2 aromatic carbocycles. The Bertz CT molecular complexity index is 832. The second-order valence-corrected chi connectivity index (χ2v) is 8.91. The van der Waals surface area contributed by atoms with E-state index in [-0.39, 0.29) is 6.42 Å². The molecule has 2 fully saturated rings. The predicted octanol–water partition coefficient (Wildman–Crippen LogP) is 2.92. The van der Waals surface area contributed by atoms with Crippen LogP contribution in [0.4, 0.5) is 0 Å². The first kappa shape index (κ1) is 21.5. The lowest BCUT2D eigenvalue weighted by atomic mass is 9.72. The van der Waals surface area contributed by atoms with Crippen molar-refractivity contribution in [2.75, 3.05) is 0 Å². The van der Waals surface area contributed by atoms with Crippen LogP contribution in [0, 0.1) is 0 Å². The molecule has 0 bridgehead atoms. The summed E-state index contributed by atoms with van der Waals surface area (Å²) in [7, 11) is 0. The van der Waals surface area contributed by atoms with E-state index in [1.54, 1.807) is 0 Å². The highest BCUT2D eigenvalue weighted by Gasteiger charge is 2.45. The van der Waals surface area contributed by atoms with Crippen LogP contribution in [0.25, 0.3) is 0 Å². The summed E-state index contributed by atoms with van der Waals surface area (Å²) in [5, 5.41) is 27.5. The van der Waals surface area contributed by atoms with Crippen molar-refractivity contribution in [3.63, 3.8) is 0 Å². The molecule has 6 heteroatoms. The Kier molecular flexibility index (Phi) is 6.12. The van der Waals surface area contributed by atoms with E-state index in [0.717, 1.165) is 24.0 Å². The summed E-state index contributed by atoms with van der Waals surface area (Å²) < 4.78 is 0. The zero-order valence-corrected chi connectivity index (χ0v) is 17.6. The minimum Gasteiger partial charge on any atom is -0.387 e. The van der Waals surface area contributed by atoms with E-state index in [9.17, 15) is 19.8 Å². The van der Waals surface area contributed by atoms with Crippen LogP contribution in [0.15, 0.2) is 60.7 Å². The molecular weight excluding hydrogens is 392 g/mol. The number of rotatable bonds is 8. The van der Waals surface area contributed by atoms with E-state index in [1.807, 2.05) is 60.7 Å². The molecule has 2 amide bonds. The number of benzene rings is 2. The molecule has 0 spiro atoms. The second-order valence-electron chi connectivity index (χ2n) is 8.91. The van der Waals surface area contributed by atoms with Crippen molar-refractivity contribution in [1.82, 2.24) is 10.6 Å². The first-order valence-corrected chi connectivity index (χ1v) is 11.0. The number of hydrogen-bond acceptors (Lipinski definition) is 4. The Morgan fingerprint density at radius 1 is 0.710 bits per heavy atom. The summed E-state index contributed by atoms with van der Waals surface area (Å²) in [5.74, 6) is -0.891. The van der Waals surface area contributed by atoms with Crippen molar-refractivity contribution in [3.05, 3.63) is 71.8 Å². The molecule has 2 saturated carbocycles. The molecule has 2 aliphatic carbocycles. The van der Waals surface area contributed by atoms with Gasteiger partial charge in [-0.25, -0.2) is 0 Å². The van der Waals surface area contributed by atoms with Crippen LogP contribution in [0.2, 0.25) is 0 Å². The van der Waals surface area contributed by atoms with Crippen LogP contribution in [0.5, 0.6) is 0 Å². The fraction of sp³-hybridized carbons (Fsp3) is 0.440. The number of amides is 2. The van der Waals surface area contributed by atoms with E-state index in [2.05, 4.69) is 10.6 Å². The van der Waals surface area contributed by atoms with Gasteiger partial charge in [0.25, 0.3) is 0 Å². The fourth-order valence-corrected chi connectivity index (χ4v) is 4.57. The molecule has 0 aromatic heterocycles. The number of aliphatic hydroxyl groups is 2. The van der Waals surface area contributed by atoms with Gasteiger partial charge in [0.05, 0.1) is 23.3 Å². The van der Waals surface area contributed by atoms with Gasteiger partial charge in [-0.3, -0.25) is 9.59 Å². The minimum absolute atomic E-state index is 0.362. The Balaban J connectivity index is 1.43. The predicted molar refractivity (Wildman–Crippen MR) is 117 cm³/mol. The Morgan fingerprint density at radius 3 is 1.35 bits per heavy atom. The van der Waals surface area contributed by atoms with Crippen LogP contribution in [-0.2, 0) is 9.59 Å². The lowest BCUT2D eigenvalue weighted by Crippen LogP contribution is -2.52. The lowest BCUT2D eigenvalue weighted by Gasteiger charge is -2.44. The maximum atomic E-state index is 12.7. The Morgan fingerprint density at radius 2 is 1.06 bits per heavy atom. The molecule has 2 aromatic rings. The highest BCUT2D eigenvalue weighted by molar-refractivity contribution is 5.97. The molecule has 31 heavy (non-hydrogen) atoms. The summed E-state index contributed by atoms with van der Waals surface area (Å²) in [5.41, 5.74) is -0.323. The molecule has 2 atom stereocenters. The van der Waals surface area contributed by atoms with E-state index >= 15 is 0 Å². The molecular formula is C25H30N2O4. The third-order valence-corrected chi connectivity index (χ3v) is 6.71.